The van der Waals surface area contributed by atoms with E-state index >= 15 is 0 Å². The highest BCUT2D eigenvalue weighted by Gasteiger charge is 2.21. The van der Waals surface area contributed by atoms with Gasteiger partial charge in [-0.3, -0.25) is 5.41 Å². The van der Waals surface area contributed by atoms with Crippen molar-refractivity contribution >= 4 is 18.6 Å². The maximum absolute atomic E-state index is 7.08. The molecule has 0 aromatic carbocycles. The fraction of sp³-hybridized carbons (Fsp3) is 0.800. The number of rotatable bonds is 0. The van der Waals surface area contributed by atoms with Gasteiger partial charge in [0.1, 0.15) is 0 Å². The Labute approximate surface area is 60.1 Å². The largest absolute Gasteiger partial charge is 0.370 e. The normalized spacial score (nSPS) is 26.8. The molecule has 1 aliphatic heterocycles. The van der Waals surface area contributed by atoms with Crippen molar-refractivity contribution in [3.8, 4) is 0 Å². The lowest BCUT2D eigenvalue weighted by atomic mass is 10.4. The van der Waals surface area contributed by atoms with Crippen LogP contribution < -0.4 is 5.73 Å². The van der Waals surface area contributed by atoms with Gasteiger partial charge in [-0.05, 0) is 12.8 Å². The van der Waals surface area contributed by atoms with Crippen molar-refractivity contribution in [1.82, 2.24) is 4.90 Å². The van der Waals surface area contributed by atoms with Gasteiger partial charge >= 0.3 is 0 Å². The molecule has 1 heterocycles. The van der Waals surface area contributed by atoms with Crippen molar-refractivity contribution in [2.24, 2.45) is 5.73 Å². The van der Waals surface area contributed by atoms with E-state index in [2.05, 4.69) is 12.6 Å². The molecule has 0 saturated carbocycles. The Morgan fingerprint density at radius 1 is 1.78 bits per heavy atom. The topological polar surface area (TPSA) is 53.1 Å². The van der Waals surface area contributed by atoms with Crippen molar-refractivity contribution < 1.29 is 0 Å². The average Bonchev–Trinajstić information content (AvgIpc) is 2.13. The molecule has 1 saturated heterocycles. The van der Waals surface area contributed by atoms with Crippen molar-refractivity contribution in [2.75, 3.05) is 6.54 Å². The SMILES string of the molecule is N=C(N)N1CCCC1S. The third-order valence-electron chi connectivity index (χ3n) is 1.53. The Bertz CT molecular complexity index is 125. The maximum Gasteiger partial charge on any atom is 0.189 e. The molecule has 0 bridgehead atoms. The minimum Gasteiger partial charge on any atom is -0.370 e. The molecule has 1 rings (SSSR count). The molecule has 9 heavy (non-hydrogen) atoms. The van der Waals surface area contributed by atoms with E-state index in [1.54, 1.807) is 4.90 Å². The molecule has 1 atom stereocenters. The molecular formula is C5H11N3S. The van der Waals surface area contributed by atoms with Crippen LogP contribution in [0.5, 0.6) is 0 Å². The quantitative estimate of drug-likeness (QED) is 0.260. The molecule has 0 amide bonds. The van der Waals surface area contributed by atoms with Crippen LogP contribution in [0.2, 0.25) is 0 Å². The third-order valence-corrected chi connectivity index (χ3v) is 2.07. The molecule has 3 N–H and O–H groups in total. The van der Waals surface area contributed by atoms with Gasteiger partial charge in [0.15, 0.2) is 5.96 Å². The van der Waals surface area contributed by atoms with E-state index in [1.807, 2.05) is 0 Å². The van der Waals surface area contributed by atoms with Gasteiger partial charge in [0.05, 0.1) is 5.37 Å². The number of nitrogens with two attached hydrogens (primary N) is 1. The Morgan fingerprint density at radius 2 is 2.44 bits per heavy atom. The van der Waals surface area contributed by atoms with E-state index in [0.717, 1.165) is 19.4 Å². The first-order chi connectivity index (χ1) is 4.22. The highest BCUT2D eigenvalue weighted by atomic mass is 32.1. The summed E-state index contributed by atoms with van der Waals surface area (Å²) in [6.45, 7) is 0.892. The lowest BCUT2D eigenvalue weighted by Gasteiger charge is -2.19. The summed E-state index contributed by atoms with van der Waals surface area (Å²) in [5.74, 6) is 0.146. The van der Waals surface area contributed by atoms with Crippen LogP contribution in [0.15, 0.2) is 0 Å². The second-order valence-corrected chi connectivity index (χ2v) is 2.80. The summed E-state index contributed by atoms with van der Waals surface area (Å²) in [6.07, 6.45) is 2.15. The summed E-state index contributed by atoms with van der Waals surface area (Å²) >= 11 is 4.23. The van der Waals surface area contributed by atoms with E-state index in [1.165, 1.54) is 0 Å². The van der Waals surface area contributed by atoms with E-state index in [9.17, 15) is 0 Å². The monoisotopic (exact) mass is 145 g/mol. The van der Waals surface area contributed by atoms with Gasteiger partial charge in [-0.2, -0.15) is 12.6 Å². The molecule has 1 unspecified atom stereocenters. The second kappa shape index (κ2) is 2.47. The first kappa shape index (κ1) is 6.74. The molecule has 0 spiro atoms. The molecule has 4 heteroatoms. The van der Waals surface area contributed by atoms with Crippen LogP contribution in [0, 0.1) is 5.41 Å². The van der Waals surface area contributed by atoms with Crippen molar-refractivity contribution in [1.29, 1.82) is 5.41 Å². The Balaban J connectivity index is 2.49. The number of thiol groups is 1. The zero-order valence-corrected chi connectivity index (χ0v) is 6.06. The van der Waals surface area contributed by atoms with Gasteiger partial charge in [0.2, 0.25) is 0 Å². The fourth-order valence-electron chi connectivity index (χ4n) is 1.03. The first-order valence-electron chi connectivity index (χ1n) is 3.00. The van der Waals surface area contributed by atoms with Crippen molar-refractivity contribution in [3.05, 3.63) is 0 Å². The third kappa shape index (κ3) is 1.30. The molecule has 0 aromatic heterocycles. The van der Waals surface area contributed by atoms with Crippen LogP contribution in [0.4, 0.5) is 0 Å². The number of nitrogens with one attached hydrogen (secondary N) is 1. The van der Waals surface area contributed by atoms with Gasteiger partial charge in [0, 0.05) is 6.54 Å². The maximum atomic E-state index is 7.08. The van der Waals surface area contributed by atoms with Crippen molar-refractivity contribution in [2.45, 2.75) is 18.2 Å². The van der Waals surface area contributed by atoms with Gasteiger partial charge in [-0.15, -0.1) is 0 Å². The number of likely N-dealkylation sites (tertiary alicyclic amines) is 1. The van der Waals surface area contributed by atoms with Crippen LogP contribution in [-0.4, -0.2) is 22.8 Å². The van der Waals surface area contributed by atoms with Crippen LogP contribution >= 0.6 is 12.6 Å². The predicted octanol–water partition coefficient (Wildman–Crippen LogP) is 0.232. The Kier molecular flexibility index (Phi) is 1.85. The summed E-state index contributed by atoms with van der Waals surface area (Å²) in [5.41, 5.74) is 5.25. The van der Waals surface area contributed by atoms with E-state index < -0.39 is 0 Å². The van der Waals surface area contributed by atoms with Crippen LogP contribution in [0.3, 0.4) is 0 Å². The first-order valence-corrected chi connectivity index (χ1v) is 3.52. The molecule has 52 valence electrons. The minimum atomic E-state index is 0.146. The van der Waals surface area contributed by atoms with Gasteiger partial charge in [-0.25, -0.2) is 0 Å². The van der Waals surface area contributed by atoms with E-state index in [4.69, 9.17) is 11.1 Å². The smallest absolute Gasteiger partial charge is 0.189 e. The molecule has 0 aromatic rings. The second-order valence-electron chi connectivity index (χ2n) is 2.20. The summed E-state index contributed by atoms with van der Waals surface area (Å²) in [6, 6.07) is 0. The standard InChI is InChI=1S/C5H11N3S/c6-5(7)8-3-1-2-4(8)9/h4,9H,1-3H2,(H3,6,7). The van der Waals surface area contributed by atoms with Gasteiger partial charge in [-0.1, -0.05) is 0 Å². The van der Waals surface area contributed by atoms with Crippen LogP contribution in [0.25, 0.3) is 0 Å². The van der Waals surface area contributed by atoms with Crippen LogP contribution in [-0.2, 0) is 0 Å². The zero-order valence-electron chi connectivity index (χ0n) is 5.17. The Morgan fingerprint density at radius 3 is 2.67 bits per heavy atom. The summed E-state index contributed by atoms with van der Waals surface area (Å²) < 4.78 is 0. The highest BCUT2D eigenvalue weighted by Crippen LogP contribution is 2.18. The molecule has 0 aliphatic carbocycles. The van der Waals surface area contributed by atoms with Crippen molar-refractivity contribution in [3.63, 3.8) is 0 Å². The lowest BCUT2D eigenvalue weighted by Crippen LogP contribution is -2.37. The number of guanidine groups is 1. The van der Waals surface area contributed by atoms with Gasteiger partial charge < -0.3 is 10.6 Å². The summed E-state index contributed by atoms with van der Waals surface area (Å²) in [4.78, 5) is 1.79. The van der Waals surface area contributed by atoms with E-state index in [0.29, 0.717) is 0 Å². The molecule has 0 radical (unpaired) electrons. The molecule has 1 fully saturated rings. The fourth-order valence-corrected chi connectivity index (χ4v) is 1.45. The highest BCUT2D eigenvalue weighted by molar-refractivity contribution is 7.80. The molecular weight excluding hydrogens is 134 g/mol. The van der Waals surface area contributed by atoms with E-state index in [-0.39, 0.29) is 11.3 Å². The number of nitrogens with zero attached hydrogens (tertiary/aromatic N) is 1. The molecule has 3 nitrogen and oxygen atoms in total. The summed E-state index contributed by atoms with van der Waals surface area (Å²) in [7, 11) is 0. The van der Waals surface area contributed by atoms with Gasteiger partial charge in [0.25, 0.3) is 0 Å². The average molecular weight is 145 g/mol. The number of hydrogen-bond donors (Lipinski definition) is 3. The Hall–Kier alpha value is -0.380. The lowest BCUT2D eigenvalue weighted by molar-refractivity contribution is 0.482. The number of hydrogen-bond acceptors (Lipinski definition) is 2. The molecule has 1 aliphatic rings. The summed E-state index contributed by atoms with van der Waals surface area (Å²) in [5, 5.41) is 7.26. The predicted molar refractivity (Wildman–Crippen MR) is 40.6 cm³/mol. The minimum absolute atomic E-state index is 0.146. The van der Waals surface area contributed by atoms with Crippen LogP contribution in [0.1, 0.15) is 12.8 Å². The zero-order chi connectivity index (χ0) is 6.85.